The number of esters is 1. The van der Waals surface area contributed by atoms with Crippen LogP contribution in [0.5, 0.6) is 0 Å². The zero-order chi connectivity index (χ0) is 85.0. The van der Waals surface area contributed by atoms with Crippen LogP contribution in [0.15, 0.2) is 0 Å². The second-order valence-corrected chi connectivity index (χ2v) is 21.4. The molecule has 105 heavy (non-hydrogen) atoms. The van der Waals surface area contributed by atoms with Crippen LogP contribution in [0.1, 0.15) is 165 Å². The van der Waals surface area contributed by atoms with Crippen molar-refractivity contribution >= 4 is 124 Å². The minimum absolute atomic E-state index is 0.0143. The number of nitrogens with one attached hydrogen (secondary N) is 2. The Kier molecular flexibility index (Phi) is 123. The predicted octanol–water partition coefficient (Wildman–Crippen LogP) is 2.94. The lowest BCUT2D eigenvalue weighted by molar-refractivity contribution is -0.141. The lowest BCUT2D eigenvalue weighted by atomic mass is 10.0. The first-order valence-electron chi connectivity index (χ1n) is 30.8. The highest BCUT2D eigenvalue weighted by Crippen LogP contribution is 2.09. The number of primary amides is 1. The maximum absolute atomic E-state index is 10.5. The van der Waals surface area contributed by atoms with Crippen molar-refractivity contribution in [2.24, 2.45) is 40.7 Å². The van der Waals surface area contributed by atoms with Crippen molar-refractivity contribution in [1.29, 1.82) is 63.1 Å². The van der Waals surface area contributed by atoms with Crippen LogP contribution in [0, 0.1) is 154 Å². The number of hydrogen-bond acceptors (Lipinski definition) is 37. The standard InChI is InChI=1S/C8H13NO.C7H11NO.C6H12N4O.C6H9N3O2.C6H9NO.C6H10O3.C5H8N2O.C5H7NOS.C4H5NO2.C4H5NOS.C3H3NO2.C3H3NOS.C3H3NO/c1-3-4-7(2)5-8(10)6-9;1-3-6(2)4-7(9)5-8;7-4-5(11)2-1-3-10-6(8)9;7-4-5(10)2-1-3-9-6(8)11;1-5(2)3-6(8)4-7;1-5(7)3-4-6(8)9-2;6-3-1-2-5(8)4-7;1-8-3-2-5(7)4-6;5-3-4(7)1-2-6;5-3-4(6)1-2-7;4-1-3(6)2-5;4-1-3(5)2-6;1-3(5)2-4/h7H,3-5H2,1-2H3;6H,3-4H2,1-2H3;6,10H,1-3,8-9H2;1-3H2,(H3,8,9,11);5H,3H2,1-2H3;3-4H2,1-2H3;1-3,6H2;2-3H2,1H3;6H,1-2H2;7H,1-2H2;5H,2H2;6H,2H2;1H3. The molecule has 0 rings (SSSR count). The van der Waals surface area contributed by atoms with Gasteiger partial charge in [0.25, 0.3) is 5.78 Å². The van der Waals surface area contributed by atoms with Crippen LogP contribution < -0.4 is 33.6 Å². The van der Waals surface area contributed by atoms with Crippen LogP contribution in [-0.4, -0.2) is 167 Å². The smallest absolute Gasteiger partial charge is 0.312 e. The van der Waals surface area contributed by atoms with Crippen molar-refractivity contribution in [3.63, 3.8) is 0 Å². The van der Waals surface area contributed by atoms with Crippen molar-refractivity contribution in [3.8, 4) is 72.8 Å². The van der Waals surface area contributed by atoms with Crippen molar-refractivity contribution in [3.05, 3.63) is 0 Å². The van der Waals surface area contributed by atoms with Crippen LogP contribution in [-0.2, 0) is 71.9 Å². The monoisotopic (exact) mass is 1530 g/mol. The average molecular weight is 1530 g/mol. The van der Waals surface area contributed by atoms with Crippen molar-refractivity contribution in [2.45, 2.75) is 171 Å². The molecule has 0 saturated carbocycles. The van der Waals surface area contributed by atoms with Gasteiger partial charge >= 0.3 is 12.0 Å². The number of rotatable bonds is 33. The summed E-state index contributed by atoms with van der Waals surface area (Å²) in [6.07, 6.45) is 9.14. The normalized spacial score (nSPS) is 8.71. The van der Waals surface area contributed by atoms with Gasteiger partial charge in [0.1, 0.15) is 91.5 Å². The van der Waals surface area contributed by atoms with Crippen molar-refractivity contribution in [1.82, 2.24) is 10.6 Å². The number of nitrogens with zero attached hydrogens (tertiary/aromatic N) is 12. The van der Waals surface area contributed by atoms with E-state index in [9.17, 15) is 71.9 Å². The van der Waals surface area contributed by atoms with Gasteiger partial charge in [-0.25, -0.2) is 4.79 Å². The number of thioether (sulfide) groups is 1. The van der Waals surface area contributed by atoms with E-state index in [-0.39, 0.29) is 91.6 Å². The van der Waals surface area contributed by atoms with E-state index in [1.165, 1.54) is 69.5 Å². The molecule has 0 aliphatic heterocycles. The third-order valence-electron chi connectivity index (χ3n) is 9.52. The number of urea groups is 1. The van der Waals surface area contributed by atoms with Crippen LogP contribution in [0.3, 0.4) is 0 Å². The third kappa shape index (κ3) is 162. The van der Waals surface area contributed by atoms with E-state index < -0.39 is 59.4 Å². The first-order chi connectivity index (χ1) is 49.2. The van der Waals surface area contributed by atoms with Gasteiger partial charge in [0.2, 0.25) is 63.6 Å². The van der Waals surface area contributed by atoms with Gasteiger partial charge in [0.15, 0.2) is 0 Å². The lowest BCUT2D eigenvalue weighted by Gasteiger charge is -2.05. The first-order valence-corrected chi connectivity index (χ1v) is 33.4. The second-order valence-electron chi connectivity index (χ2n) is 19.6. The number of aliphatic hydroxyl groups is 2. The van der Waals surface area contributed by atoms with Gasteiger partial charge in [-0.05, 0) is 69.0 Å². The summed E-state index contributed by atoms with van der Waals surface area (Å²) in [5.74, 6) is -3.21. The topological polar surface area (TPSA) is 719 Å². The largest absolute Gasteiger partial charge is 0.469 e. The molecule has 578 valence electrons. The van der Waals surface area contributed by atoms with E-state index in [0.29, 0.717) is 94.5 Å². The van der Waals surface area contributed by atoms with Crippen molar-refractivity contribution < 1.29 is 86.9 Å². The number of carbonyl (C=O) groups is 15. The second kappa shape index (κ2) is 104. The molecule has 0 aliphatic carbocycles. The van der Waals surface area contributed by atoms with Crippen molar-refractivity contribution in [2.75, 3.05) is 63.5 Å². The fourth-order valence-electron chi connectivity index (χ4n) is 4.30. The molecule has 2 amide bonds. The Morgan fingerprint density at radius 1 is 0.486 bits per heavy atom. The molecule has 0 bridgehead atoms. The number of methoxy groups -OCH3 is 1. The molecule has 0 aromatic rings. The molecule has 2 atom stereocenters. The molecule has 39 heteroatoms. The number of thiol groups is 2. The summed E-state index contributed by atoms with van der Waals surface area (Å²) in [6.45, 7) is 15.0. The molecule has 36 nitrogen and oxygen atoms in total. The molecule has 12 N–H and O–H groups in total. The highest BCUT2D eigenvalue weighted by Gasteiger charge is 2.08. The fraction of sp³-hybridized carbons (Fsp3) is 0.591. The number of carbonyl (C=O) groups excluding carboxylic acids is 15. The minimum Gasteiger partial charge on any atom is -0.469 e. The highest BCUT2D eigenvalue weighted by molar-refractivity contribution is 7.98. The van der Waals surface area contributed by atoms with E-state index in [0.717, 1.165) is 25.0 Å². The zero-order valence-corrected chi connectivity index (χ0v) is 63.5. The maximum atomic E-state index is 10.5. The number of Topliss-reactive ketones (excluding diaryl/α,β-unsaturated/α-hetero) is 13. The Balaban J connectivity index is -0.0000000798. The number of amides is 2. The van der Waals surface area contributed by atoms with Gasteiger partial charge < -0.3 is 48.0 Å². The molecule has 0 saturated heterocycles. The number of ether oxygens (including phenoxy) is 1. The van der Waals surface area contributed by atoms with Gasteiger partial charge in [0, 0.05) is 83.4 Å². The van der Waals surface area contributed by atoms with Gasteiger partial charge in [-0.15, -0.1) is 0 Å². The third-order valence-corrected chi connectivity index (χ3v) is 10.6. The number of aliphatic hydroxyl groups excluding tert-OH is 2. The first kappa shape index (κ1) is 124. The van der Waals surface area contributed by atoms with E-state index in [2.05, 4.69) is 47.6 Å². The van der Waals surface area contributed by atoms with E-state index >= 15 is 0 Å². The number of hydrogen-bond donors (Lipinski definition) is 10. The minimum atomic E-state index is -0.796. The summed E-state index contributed by atoms with van der Waals surface area (Å²) in [4.78, 5) is 152. The molecule has 0 fully saturated rings. The Hall–Kier alpha value is -10.9. The van der Waals surface area contributed by atoms with E-state index in [1.807, 2.05) is 40.9 Å². The Morgan fingerprint density at radius 3 is 1.09 bits per heavy atom. The molecule has 0 aromatic heterocycles. The number of ketones is 13. The van der Waals surface area contributed by atoms with Gasteiger partial charge in [-0.2, -0.15) is 100 Å². The highest BCUT2D eigenvalue weighted by atomic mass is 32.2. The summed E-state index contributed by atoms with van der Waals surface area (Å²) in [6, 6.07) is 17.1. The summed E-state index contributed by atoms with van der Waals surface area (Å²) in [5.41, 5.74) is 20.1. The Morgan fingerprint density at radius 2 is 0.848 bits per heavy atom. The summed E-state index contributed by atoms with van der Waals surface area (Å²) in [5, 5.41) is 115. The molecule has 2 unspecified atom stereocenters. The van der Waals surface area contributed by atoms with E-state index in [1.54, 1.807) is 36.0 Å². The zero-order valence-electron chi connectivity index (χ0n) is 60.9. The summed E-state index contributed by atoms with van der Waals surface area (Å²) >= 11 is 8.84. The van der Waals surface area contributed by atoms with Crippen LogP contribution in [0.25, 0.3) is 0 Å². The predicted molar refractivity (Wildman–Crippen MR) is 386 cm³/mol. The molecule has 0 heterocycles. The fourth-order valence-corrected chi connectivity index (χ4v) is 4.97. The molecule has 0 aromatic carbocycles. The summed E-state index contributed by atoms with van der Waals surface area (Å²) in [7, 11) is 1.31. The van der Waals surface area contributed by atoms with Crippen LogP contribution in [0.2, 0.25) is 0 Å². The molecule has 0 aliphatic rings. The molecule has 0 spiro atoms. The molecular weight excluding hydrogens is 1430 g/mol. The van der Waals surface area contributed by atoms with Gasteiger partial charge in [-0.3, -0.25) is 67.6 Å². The quantitative estimate of drug-likeness (QED) is 0.0148. The van der Waals surface area contributed by atoms with Crippen LogP contribution >= 0.6 is 37.0 Å². The van der Waals surface area contributed by atoms with Crippen LogP contribution in [0.4, 0.5) is 4.79 Å². The summed E-state index contributed by atoms with van der Waals surface area (Å²) < 4.78 is 4.31. The van der Waals surface area contributed by atoms with E-state index in [4.69, 9.17) is 96.3 Å². The Bertz CT molecular complexity index is 3000. The van der Waals surface area contributed by atoms with Gasteiger partial charge in [0.05, 0.1) is 25.9 Å². The molecular formula is C66H98N18O18S3. The number of nitrogens with two attached hydrogens (primary N) is 4. The number of nitriles is 12. The van der Waals surface area contributed by atoms with Gasteiger partial charge in [-0.1, -0.05) is 60.8 Å². The SMILES string of the molecule is CC(=O)C#N.CC(C)CC(=O)C#N.CCC(C)CC(=O)C#N.CCCC(C)CC(=O)C#N.COC(=O)CCC(C)=O.CSCCC(=O)C#N.N#CC(=O)CCCN.N#CC(=O)CCCNC(N)=O.N#CC(=O)CCCNC(N)N.N#CC(=O)CCO.N#CC(=O)CCS.N#CC(=O)CO.N#CC(=O)CS. The molecule has 0 radical (unpaired) electrons. The average Bonchev–Trinajstić information content (AvgIpc) is 1.99. The Labute approximate surface area is 629 Å². The lowest BCUT2D eigenvalue weighted by Crippen LogP contribution is -2.45. The maximum Gasteiger partial charge on any atom is 0.312 e.